The Balaban J connectivity index is 1.55. The van der Waals surface area contributed by atoms with Crippen LogP contribution in [0.5, 0.6) is 5.75 Å². The van der Waals surface area contributed by atoms with Gasteiger partial charge in [0.05, 0.1) is 15.8 Å². The molecule has 0 fully saturated rings. The topological polar surface area (TPSA) is 69.0 Å². The van der Waals surface area contributed by atoms with Crippen LogP contribution in [0.15, 0.2) is 41.6 Å². The van der Waals surface area contributed by atoms with Crippen molar-refractivity contribution in [1.29, 1.82) is 0 Å². The highest BCUT2D eigenvalue weighted by atomic mass is 35.5. The van der Waals surface area contributed by atoms with Gasteiger partial charge in [0, 0.05) is 12.7 Å². The molecule has 29 heavy (non-hydrogen) atoms. The number of hydrogen-bond donors (Lipinski definition) is 1. The van der Waals surface area contributed by atoms with Crippen LogP contribution in [0.2, 0.25) is 10.0 Å². The van der Waals surface area contributed by atoms with Crippen molar-refractivity contribution in [3.8, 4) is 5.75 Å². The third-order valence-electron chi connectivity index (χ3n) is 3.90. The second-order valence-electron chi connectivity index (χ2n) is 6.15. The molecule has 0 saturated heterocycles. The number of aromatic nitrogens is 3. The van der Waals surface area contributed by atoms with Crippen LogP contribution in [0.25, 0.3) is 0 Å². The zero-order valence-corrected chi connectivity index (χ0v) is 17.9. The highest BCUT2D eigenvalue weighted by Gasteiger charge is 2.13. The van der Waals surface area contributed by atoms with Gasteiger partial charge in [0.2, 0.25) is 5.91 Å². The average Bonchev–Trinajstić information content (AvgIpc) is 3.03. The van der Waals surface area contributed by atoms with E-state index in [9.17, 15) is 9.18 Å². The molecule has 0 radical (unpaired) electrons. The summed E-state index contributed by atoms with van der Waals surface area (Å²) in [5.74, 6) is 0.452. The van der Waals surface area contributed by atoms with Gasteiger partial charge in [-0.05, 0) is 42.8 Å². The van der Waals surface area contributed by atoms with Crippen molar-refractivity contribution in [1.82, 2.24) is 14.8 Å². The first-order valence-corrected chi connectivity index (χ1v) is 10.2. The van der Waals surface area contributed by atoms with E-state index in [-0.39, 0.29) is 23.3 Å². The van der Waals surface area contributed by atoms with E-state index in [1.807, 2.05) is 19.1 Å². The zero-order valence-electron chi connectivity index (χ0n) is 15.6. The molecule has 0 aliphatic rings. The second kappa shape index (κ2) is 9.47. The van der Waals surface area contributed by atoms with Crippen molar-refractivity contribution in [2.75, 3.05) is 11.1 Å². The van der Waals surface area contributed by atoms with E-state index in [4.69, 9.17) is 27.9 Å². The molecule has 1 aromatic heterocycles. The van der Waals surface area contributed by atoms with Crippen LogP contribution in [0, 0.1) is 12.7 Å². The van der Waals surface area contributed by atoms with Crippen molar-refractivity contribution < 1.29 is 13.9 Å². The molecular formula is C19H17Cl2FN4O2S. The monoisotopic (exact) mass is 454 g/mol. The van der Waals surface area contributed by atoms with Gasteiger partial charge in [-0.3, -0.25) is 4.79 Å². The predicted molar refractivity (Wildman–Crippen MR) is 112 cm³/mol. The molecule has 0 bridgehead atoms. The standard InChI is InChI=1S/C19H17Cl2FN4O2S/c1-11-3-5-13(20)16(7-11)28-9-17-24-25-19(26(17)2)29-10-18(27)23-12-4-6-15(22)14(21)8-12/h3-8H,9-10H2,1-2H3,(H,23,27). The fourth-order valence-electron chi connectivity index (χ4n) is 2.36. The summed E-state index contributed by atoms with van der Waals surface area (Å²) in [5, 5.41) is 11.9. The summed E-state index contributed by atoms with van der Waals surface area (Å²) >= 11 is 13.1. The molecule has 1 amide bonds. The predicted octanol–water partition coefficient (Wildman–Crippen LogP) is 4.88. The van der Waals surface area contributed by atoms with Gasteiger partial charge < -0.3 is 14.6 Å². The van der Waals surface area contributed by atoms with Crippen LogP contribution in [0.3, 0.4) is 0 Å². The molecule has 3 aromatic rings. The van der Waals surface area contributed by atoms with Gasteiger partial charge in [0.15, 0.2) is 11.0 Å². The van der Waals surface area contributed by atoms with Gasteiger partial charge in [-0.2, -0.15) is 0 Å². The molecule has 1 N–H and O–H groups in total. The normalized spacial score (nSPS) is 10.8. The first-order valence-electron chi connectivity index (χ1n) is 8.48. The SMILES string of the molecule is Cc1ccc(Cl)c(OCc2nnc(SCC(=O)Nc3ccc(F)c(Cl)c3)n2C)c1. The molecule has 0 spiro atoms. The van der Waals surface area contributed by atoms with E-state index in [0.717, 1.165) is 5.56 Å². The van der Waals surface area contributed by atoms with E-state index < -0.39 is 5.82 Å². The Hall–Kier alpha value is -2.29. The molecule has 1 heterocycles. The lowest BCUT2D eigenvalue weighted by Gasteiger charge is -2.09. The van der Waals surface area contributed by atoms with Crippen LogP contribution in [0.4, 0.5) is 10.1 Å². The summed E-state index contributed by atoms with van der Waals surface area (Å²) in [6.07, 6.45) is 0. The van der Waals surface area contributed by atoms with Crippen LogP contribution in [0.1, 0.15) is 11.4 Å². The first kappa shape index (κ1) is 21.4. The number of ether oxygens (including phenoxy) is 1. The van der Waals surface area contributed by atoms with Crippen LogP contribution in [-0.2, 0) is 18.4 Å². The molecule has 0 atom stereocenters. The van der Waals surface area contributed by atoms with Crippen molar-refractivity contribution in [3.63, 3.8) is 0 Å². The zero-order chi connectivity index (χ0) is 21.0. The van der Waals surface area contributed by atoms with Gasteiger partial charge in [0.25, 0.3) is 0 Å². The largest absolute Gasteiger partial charge is 0.484 e. The van der Waals surface area contributed by atoms with Crippen LogP contribution in [-0.4, -0.2) is 26.4 Å². The van der Waals surface area contributed by atoms with Gasteiger partial charge in [-0.15, -0.1) is 10.2 Å². The van der Waals surface area contributed by atoms with Crippen molar-refractivity contribution >= 4 is 46.6 Å². The smallest absolute Gasteiger partial charge is 0.234 e. The fourth-order valence-corrected chi connectivity index (χ4v) is 3.44. The molecule has 2 aromatic carbocycles. The molecule has 152 valence electrons. The van der Waals surface area contributed by atoms with Crippen molar-refractivity contribution in [3.05, 3.63) is 63.6 Å². The Kier molecular flexibility index (Phi) is 7.00. The van der Waals surface area contributed by atoms with Crippen LogP contribution < -0.4 is 10.1 Å². The number of hydrogen-bond acceptors (Lipinski definition) is 5. The Morgan fingerprint density at radius 1 is 1.21 bits per heavy atom. The van der Waals surface area contributed by atoms with Crippen LogP contribution >= 0.6 is 35.0 Å². The third kappa shape index (κ3) is 5.62. The first-order chi connectivity index (χ1) is 13.8. The molecule has 10 heteroatoms. The van der Waals surface area contributed by atoms with Gasteiger partial charge in [-0.1, -0.05) is 41.0 Å². The van der Waals surface area contributed by atoms with Gasteiger partial charge >= 0.3 is 0 Å². The minimum absolute atomic E-state index is 0.0536. The number of nitrogens with zero attached hydrogens (tertiary/aromatic N) is 3. The van der Waals surface area contributed by atoms with Gasteiger partial charge in [-0.25, -0.2) is 4.39 Å². The lowest BCUT2D eigenvalue weighted by atomic mass is 10.2. The molecular weight excluding hydrogens is 438 g/mol. The highest BCUT2D eigenvalue weighted by Crippen LogP contribution is 2.26. The van der Waals surface area contributed by atoms with Crippen molar-refractivity contribution in [2.45, 2.75) is 18.7 Å². The summed E-state index contributed by atoms with van der Waals surface area (Å²) < 4.78 is 20.7. The Bertz CT molecular complexity index is 1050. The van der Waals surface area contributed by atoms with E-state index in [1.54, 1.807) is 17.7 Å². The molecule has 0 aliphatic carbocycles. The van der Waals surface area contributed by atoms with Crippen molar-refractivity contribution in [2.24, 2.45) is 7.05 Å². The molecule has 0 saturated carbocycles. The maximum absolute atomic E-state index is 13.2. The maximum atomic E-state index is 13.2. The summed E-state index contributed by atoms with van der Waals surface area (Å²) in [5.41, 5.74) is 1.45. The van der Waals surface area contributed by atoms with E-state index in [1.165, 1.54) is 30.0 Å². The minimum Gasteiger partial charge on any atom is -0.484 e. The molecule has 3 rings (SSSR count). The van der Waals surface area contributed by atoms with Gasteiger partial charge in [0.1, 0.15) is 18.2 Å². The minimum atomic E-state index is -0.542. The number of nitrogens with one attached hydrogen (secondary N) is 1. The van der Waals surface area contributed by atoms with E-state index in [2.05, 4.69) is 15.5 Å². The number of carbonyl (C=O) groups is 1. The number of carbonyl (C=O) groups excluding carboxylic acids is 1. The lowest BCUT2D eigenvalue weighted by Crippen LogP contribution is -2.14. The molecule has 0 aliphatic heterocycles. The Labute approximate surface area is 181 Å². The molecule has 6 nitrogen and oxygen atoms in total. The maximum Gasteiger partial charge on any atom is 0.234 e. The summed E-state index contributed by atoms with van der Waals surface area (Å²) in [7, 11) is 1.79. The summed E-state index contributed by atoms with van der Waals surface area (Å²) in [6, 6.07) is 9.51. The number of rotatable bonds is 7. The summed E-state index contributed by atoms with van der Waals surface area (Å²) in [4.78, 5) is 12.1. The Morgan fingerprint density at radius 2 is 2.00 bits per heavy atom. The van der Waals surface area contributed by atoms with E-state index >= 15 is 0 Å². The lowest BCUT2D eigenvalue weighted by molar-refractivity contribution is -0.113. The number of amides is 1. The highest BCUT2D eigenvalue weighted by molar-refractivity contribution is 7.99. The number of thioether (sulfide) groups is 1. The number of halogens is 3. The number of aryl methyl sites for hydroxylation is 1. The van der Waals surface area contributed by atoms with E-state index in [0.29, 0.717) is 27.4 Å². The third-order valence-corrected chi connectivity index (χ3v) is 5.53. The number of anilines is 1. The Morgan fingerprint density at radius 3 is 2.76 bits per heavy atom. The summed E-state index contributed by atoms with van der Waals surface area (Å²) in [6.45, 7) is 2.14. The second-order valence-corrected chi connectivity index (χ2v) is 7.90. The number of benzene rings is 2. The average molecular weight is 455 g/mol. The molecule has 0 unspecified atom stereocenters. The quantitative estimate of drug-likeness (QED) is 0.515. The fraction of sp³-hybridized carbons (Fsp3) is 0.211.